The first-order chi connectivity index (χ1) is 14.1. The molecule has 1 atom stereocenters. The summed E-state index contributed by atoms with van der Waals surface area (Å²) in [5.74, 6) is -0.300. The molecule has 29 heavy (non-hydrogen) atoms. The number of carbonyl (C=O) groups is 3. The fraction of sp³-hybridized carbons (Fsp3) is 0.286. The SMILES string of the molecule is O=C(COc1ccccc1)NCC(=O)OCC(=O)NC1CCOc2ccccc21. The zero-order valence-electron chi connectivity index (χ0n) is 15.8. The van der Waals surface area contributed by atoms with Crippen LogP contribution in [0.3, 0.4) is 0 Å². The standard InChI is InChI=1S/C21H22N2O6/c24-19(13-28-15-6-2-1-3-7-15)22-12-21(26)29-14-20(25)23-17-10-11-27-18-9-5-4-8-16(17)18/h1-9,17H,10-14H2,(H,22,24)(H,23,25). The van der Waals surface area contributed by atoms with Gasteiger partial charge in [0.25, 0.3) is 11.8 Å². The van der Waals surface area contributed by atoms with Crippen LogP contribution < -0.4 is 20.1 Å². The van der Waals surface area contributed by atoms with Crippen molar-refractivity contribution in [2.45, 2.75) is 12.5 Å². The molecule has 1 aliphatic heterocycles. The average Bonchev–Trinajstić information content (AvgIpc) is 2.76. The van der Waals surface area contributed by atoms with Gasteiger partial charge in [-0.1, -0.05) is 36.4 Å². The van der Waals surface area contributed by atoms with Crippen molar-refractivity contribution in [2.24, 2.45) is 0 Å². The number of amides is 2. The van der Waals surface area contributed by atoms with Crippen LogP contribution in [0.15, 0.2) is 54.6 Å². The van der Waals surface area contributed by atoms with E-state index in [0.29, 0.717) is 18.8 Å². The smallest absolute Gasteiger partial charge is 0.325 e. The van der Waals surface area contributed by atoms with Gasteiger partial charge >= 0.3 is 5.97 Å². The van der Waals surface area contributed by atoms with Gasteiger partial charge in [0, 0.05) is 12.0 Å². The first-order valence-electron chi connectivity index (χ1n) is 9.23. The number of rotatable bonds is 8. The first kappa shape index (κ1) is 20.2. The summed E-state index contributed by atoms with van der Waals surface area (Å²) in [6, 6.07) is 16.1. The summed E-state index contributed by atoms with van der Waals surface area (Å²) < 4.78 is 15.7. The maximum Gasteiger partial charge on any atom is 0.325 e. The van der Waals surface area contributed by atoms with E-state index >= 15 is 0 Å². The molecule has 152 valence electrons. The lowest BCUT2D eigenvalue weighted by molar-refractivity contribution is -0.148. The van der Waals surface area contributed by atoms with E-state index in [-0.39, 0.29) is 19.2 Å². The number of esters is 1. The second kappa shape index (κ2) is 10.1. The third kappa shape index (κ3) is 6.24. The van der Waals surface area contributed by atoms with E-state index in [9.17, 15) is 14.4 Å². The van der Waals surface area contributed by atoms with Crippen LogP contribution in [-0.2, 0) is 19.1 Å². The number of carbonyl (C=O) groups excluding carboxylic acids is 3. The van der Waals surface area contributed by atoms with Crippen molar-refractivity contribution >= 4 is 17.8 Å². The van der Waals surface area contributed by atoms with E-state index in [2.05, 4.69) is 10.6 Å². The molecular weight excluding hydrogens is 376 g/mol. The minimum absolute atomic E-state index is 0.194. The van der Waals surface area contributed by atoms with Crippen LogP contribution in [0, 0.1) is 0 Å². The number of hydrogen-bond acceptors (Lipinski definition) is 6. The topological polar surface area (TPSA) is 103 Å². The van der Waals surface area contributed by atoms with Crippen molar-refractivity contribution in [1.82, 2.24) is 10.6 Å². The van der Waals surface area contributed by atoms with Crippen molar-refractivity contribution in [3.63, 3.8) is 0 Å². The normalized spacial score (nSPS) is 14.7. The fourth-order valence-corrected chi connectivity index (χ4v) is 2.81. The molecule has 2 amide bonds. The Balaban J connectivity index is 1.34. The number of para-hydroxylation sites is 2. The van der Waals surface area contributed by atoms with E-state index in [1.165, 1.54) is 0 Å². The van der Waals surface area contributed by atoms with Crippen molar-refractivity contribution in [2.75, 3.05) is 26.4 Å². The van der Waals surface area contributed by atoms with Gasteiger partial charge in [0.05, 0.1) is 12.6 Å². The molecule has 0 spiro atoms. The maximum absolute atomic E-state index is 12.1. The summed E-state index contributed by atoms with van der Waals surface area (Å²) in [6.45, 7) is -0.487. The third-order valence-corrected chi connectivity index (χ3v) is 4.20. The van der Waals surface area contributed by atoms with E-state index < -0.39 is 24.4 Å². The van der Waals surface area contributed by atoms with Crippen LogP contribution in [0.25, 0.3) is 0 Å². The van der Waals surface area contributed by atoms with E-state index in [1.807, 2.05) is 30.3 Å². The molecular formula is C21H22N2O6. The molecule has 8 heteroatoms. The average molecular weight is 398 g/mol. The number of fused-ring (bicyclic) bond motifs is 1. The molecule has 0 saturated heterocycles. The molecule has 2 aromatic carbocycles. The highest BCUT2D eigenvalue weighted by Gasteiger charge is 2.23. The highest BCUT2D eigenvalue weighted by Crippen LogP contribution is 2.31. The Hall–Kier alpha value is -3.55. The van der Waals surface area contributed by atoms with Crippen LogP contribution in [0.1, 0.15) is 18.0 Å². The second-order valence-electron chi connectivity index (χ2n) is 6.33. The maximum atomic E-state index is 12.1. The zero-order chi connectivity index (χ0) is 20.5. The lowest BCUT2D eigenvalue weighted by Crippen LogP contribution is -2.37. The summed E-state index contributed by atoms with van der Waals surface area (Å²) in [6.07, 6.45) is 0.633. The summed E-state index contributed by atoms with van der Waals surface area (Å²) >= 11 is 0. The van der Waals surface area contributed by atoms with Crippen LogP contribution in [0.5, 0.6) is 11.5 Å². The Morgan fingerprint density at radius 1 is 0.966 bits per heavy atom. The Bertz CT molecular complexity index is 855. The summed E-state index contributed by atoms with van der Waals surface area (Å²) in [5.41, 5.74) is 0.893. The number of nitrogens with one attached hydrogen (secondary N) is 2. The lowest BCUT2D eigenvalue weighted by atomic mass is 10.0. The minimum Gasteiger partial charge on any atom is -0.493 e. The molecule has 0 aliphatic carbocycles. The molecule has 3 rings (SSSR count). The van der Waals surface area contributed by atoms with Gasteiger partial charge in [0.2, 0.25) is 0 Å². The van der Waals surface area contributed by atoms with Crippen molar-refractivity contribution in [3.8, 4) is 11.5 Å². The molecule has 0 saturated carbocycles. The molecule has 0 aromatic heterocycles. The van der Waals surface area contributed by atoms with Gasteiger partial charge in [-0.25, -0.2) is 0 Å². The molecule has 0 bridgehead atoms. The highest BCUT2D eigenvalue weighted by atomic mass is 16.5. The fourth-order valence-electron chi connectivity index (χ4n) is 2.81. The van der Waals surface area contributed by atoms with Gasteiger partial charge in [-0.15, -0.1) is 0 Å². The molecule has 0 fully saturated rings. The molecule has 0 radical (unpaired) electrons. The summed E-state index contributed by atoms with van der Waals surface area (Å²) in [5, 5.41) is 5.21. The predicted molar refractivity (Wildman–Crippen MR) is 103 cm³/mol. The van der Waals surface area contributed by atoms with E-state index in [0.717, 1.165) is 11.3 Å². The van der Waals surface area contributed by atoms with Gasteiger partial charge in [0.15, 0.2) is 13.2 Å². The predicted octanol–water partition coefficient (Wildman–Crippen LogP) is 1.36. The van der Waals surface area contributed by atoms with Crippen molar-refractivity contribution in [1.29, 1.82) is 0 Å². The number of benzene rings is 2. The largest absolute Gasteiger partial charge is 0.493 e. The summed E-state index contributed by atoms with van der Waals surface area (Å²) in [7, 11) is 0. The molecule has 8 nitrogen and oxygen atoms in total. The van der Waals surface area contributed by atoms with Gasteiger partial charge < -0.3 is 24.8 Å². The van der Waals surface area contributed by atoms with Gasteiger partial charge in [0.1, 0.15) is 18.0 Å². The number of hydrogen-bond donors (Lipinski definition) is 2. The Morgan fingerprint density at radius 2 is 1.72 bits per heavy atom. The van der Waals surface area contributed by atoms with E-state index in [4.69, 9.17) is 14.2 Å². The van der Waals surface area contributed by atoms with Gasteiger partial charge in [-0.3, -0.25) is 14.4 Å². The molecule has 1 unspecified atom stereocenters. The second-order valence-corrected chi connectivity index (χ2v) is 6.33. The Morgan fingerprint density at radius 3 is 2.55 bits per heavy atom. The quantitative estimate of drug-likeness (QED) is 0.651. The highest BCUT2D eigenvalue weighted by molar-refractivity contribution is 5.85. The van der Waals surface area contributed by atoms with Gasteiger partial charge in [-0.05, 0) is 18.2 Å². The molecule has 1 heterocycles. The third-order valence-electron chi connectivity index (χ3n) is 4.20. The lowest BCUT2D eigenvalue weighted by Gasteiger charge is -2.26. The van der Waals surface area contributed by atoms with Crippen LogP contribution in [0.2, 0.25) is 0 Å². The van der Waals surface area contributed by atoms with E-state index in [1.54, 1.807) is 24.3 Å². The van der Waals surface area contributed by atoms with Gasteiger partial charge in [-0.2, -0.15) is 0 Å². The Kier molecular flexibility index (Phi) is 7.05. The molecule has 2 N–H and O–H groups in total. The van der Waals surface area contributed by atoms with Crippen molar-refractivity contribution < 1.29 is 28.6 Å². The Labute approximate surface area is 168 Å². The van der Waals surface area contributed by atoms with Crippen molar-refractivity contribution in [3.05, 3.63) is 60.2 Å². The van der Waals surface area contributed by atoms with Crippen LogP contribution in [0.4, 0.5) is 0 Å². The first-order valence-corrected chi connectivity index (χ1v) is 9.23. The number of ether oxygens (including phenoxy) is 3. The van der Waals surface area contributed by atoms with Crippen LogP contribution in [-0.4, -0.2) is 44.1 Å². The summed E-state index contributed by atoms with van der Waals surface area (Å²) in [4.78, 5) is 35.5. The zero-order valence-corrected chi connectivity index (χ0v) is 15.8. The molecule has 2 aromatic rings. The minimum atomic E-state index is -0.708. The monoisotopic (exact) mass is 398 g/mol. The molecule has 1 aliphatic rings. The van der Waals surface area contributed by atoms with Crippen LogP contribution >= 0.6 is 0 Å².